The van der Waals surface area contributed by atoms with Crippen LogP contribution in [0.4, 0.5) is 0 Å². The molecule has 2 atom stereocenters. The van der Waals surface area contributed by atoms with E-state index in [2.05, 4.69) is 10.0 Å². The summed E-state index contributed by atoms with van der Waals surface area (Å²) in [5, 5.41) is 3.79. The molecule has 6 nitrogen and oxygen atoms in total. The van der Waals surface area contributed by atoms with Crippen LogP contribution in [-0.4, -0.2) is 24.0 Å². The Bertz CT molecular complexity index is 445. The van der Waals surface area contributed by atoms with Crippen molar-refractivity contribution in [3.05, 3.63) is 22.0 Å². The fraction of sp³-hybridized carbons (Fsp3) is 0.846. The Morgan fingerprint density at radius 3 is 2.58 bits per heavy atom. The lowest BCUT2D eigenvalue weighted by molar-refractivity contribution is -0.137. The molecule has 0 unspecified atom stereocenters. The number of ether oxygens (including phenoxy) is 3. The molecule has 0 radical (unpaired) electrons. The van der Waals surface area contributed by atoms with Gasteiger partial charge in [0.05, 0.1) is 18.2 Å². The highest BCUT2D eigenvalue weighted by Gasteiger charge is 2.46. The van der Waals surface area contributed by atoms with E-state index in [4.69, 9.17) is 19.7 Å². The van der Waals surface area contributed by atoms with Gasteiger partial charge in [-0.1, -0.05) is 5.11 Å². The van der Waals surface area contributed by atoms with Crippen molar-refractivity contribution in [1.29, 1.82) is 0 Å². The first-order valence-corrected chi connectivity index (χ1v) is 6.52. The van der Waals surface area contributed by atoms with Crippen molar-refractivity contribution in [3.63, 3.8) is 0 Å². The van der Waals surface area contributed by atoms with E-state index in [1.54, 1.807) is 0 Å². The molecule has 0 bridgehead atoms. The number of hydrogen-bond donors (Lipinski definition) is 0. The van der Waals surface area contributed by atoms with E-state index in [0.29, 0.717) is 18.8 Å². The Morgan fingerprint density at radius 1 is 1.37 bits per heavy atom. The van der Waals surface area contributed by atoms with Gasteiger partial charge < -0.3 is 14.2 Å². The second-order valence-electron chi connectivity index (χ2n) is 6.41. The van der Waals surface area contributed by atoms with E-state index in [1.807, 2.05) is 34.6 Å². The van der Waals surface area contributed by atoms with Gasteiger partial charge in [0, 0.05) is 24.7 Å². The molecule has 1 aliphatic carbocycles. The molecule has 0 saturated heterocycles. The van der Waals surface area contributed by atoms with E-state index >= 15 is 0 Å². The molecule has 0 aromatic heterocycles. The molecule has 0 aromatic rings. The van der Waals surface area contributed by atoms with Crippen LogP contribution in [0.25, 0.3) is 10.4 Å². The highest BCUT2D eigenvalue weighted by molar-refractivity contribution is 5.24. The monoisotopic (exact) mass is 267 g/mol. The quantitative estimate of drug-likeness (QED) is 0.446. The van der Waals surface area contributed by atoms with Crippen molar-refractivity contribution in [2.45, 2.75) is 58.5 Å². The van der Waals surface area contributed by atoms with Crippen molar-refractivity contribution in [3.8, 4) is 0 Å². The van der Waals surface area contributed by atoms with E-state index in [0.717, 1.165) is 5.76 Å². The lowest BCUT2D eigenvalue weighted by Gasteiger charge is -2.26. The van der Waals surface area contributed by atoms with Gasteiger partial charge in [-0.25, -0.2) is 0 Å². The van der Waals surface area contributed by atoms with Crippen molar-refractivity contribution in [2.24, 2.45) is 11.0 Å². The smallest absolute Gasteiger partial charge is 0.245 e. The van der Waals surface area contributed by atoms with Crippen LogP contribution in [0.1, 0.15) is 41.0 Å². The molecule has 1 heterocycles. The fourth-order valence-electron chi connectivity index (χ4n) is 2.31. The van der Waals surface area contributed by atoms with Gasteiger partial charge in [0.1, 0.15) is 11.5 Å². The maximum absolute atomic E-state index is 8.63. The van der Waals surface area contributed by atoms with Crippen LogP contribution in [-0.2, 0) is 14.2 Å². The summed E-state index contributed by atoms with van der Waals surface area (Å²) in [6.45, 7) is 10.3. The van der Waals surface area contributed by atoms with Crippen LogP contribution in [0.5, 0.6) is 0 Å². The second-order valence-corrected chi connectivity index (χ2v) is 6.41. The summed E-state index contributed by atoms with van der Waals surface area (Å²) >= 11 is 0. The molecular formula is C13H21N3O3. The lowest BCUT2D eigenvalue weighted by atomic mass is 10.1. The summed E-state index contributed by atoms with van der Waals surface area (Å²) in [7, 11) is 0. The topological polar surface area (TPSA) is 76.5 Å². The Balaban J connectivity index is 2.12. The minimum absolute atomic E-state index is 0.0894. The summed E-state index contributed by atoms with van der Waals surface area (Å²) < 4.78 is 17.4. The summed E-state index contributed by atoms with van der Waals surface area (Å²) in [6.07, 6.45) is 0.681. The van der Waals surface area contributed by atoms with E-state index < -0.39 is 5.79 Å². The first-order valence-electron chi connectivity index (χ1n) is 6.52. The van der Waals surface area contributed by atoms with Crippen LogP contribution < -0.4 is 0 Å². The first kappa shape index (κ1) is 14.0. The zero-order valence-corrected chi connectivity index (χ0v) is 12.1. The Labute approximate surface area is 113 Å². The highest BCUT2D eigenvalue weighted by Crippen LogP contribution is 2.45. The third kappa shape index (κ3) is 3.14. The summed E-state index contributed by atoms with van der Waals surface area (Å²) in [5.74, 6) is 0.859. The molecule has 6 heteroatoms. The van der Waals surface area contributed by atoms with Gasteiger partial charge in [-0.05, 0) is 32.7 Å². The number of azide groups is 1. The largest absolute Gasteiger partial charge is 0.453 e. The maximum Gasteiger partial charge on any atom is 0.245 e. The number of nitrogens with zero attached hydrogens (tertiary/aromatic N) is 3. The van der Waals surface area contributed by atoms with Crippen molar-refractivity contribution in [2.75, 3.05) is 6.61 Å². The van der Waals surface area contributed by atoms with Crippen LogP contribution in [0.2, 0.25) is 0 Å². The van der Waals surface area contributed by atoms with Crippen LogP contribution >= 0.6 is 0 Å². The Hall–Kier alpha value is -1.39. The van der Waals surface area contributed by atoms with Gasteiger partial charge in [-0.3, -0.25) is 0 Å². The van der Waals surface area contributed by atoms with Crippen molar-refractivity contribution >= 4 is 0 Å². The Kier molecular flexibility index (Phi) is 3.41. The molecule has 2 aliphatic rings. The molecule has 106 valence electrons. The number of hydrogen-bond acceptors (Lipinski definition) is 4. The van der Waals surface area contributed by atoms with Gasteiger partial charge >= 0.3 is 0 Å². The van der Waals surface area contributed by atoms with Gasteiger partial charge in [0.15, 0.2) is 0 Å². The molecule has 0 N–H and O–H groups in total. The molecule has 2 rings (SSSR count). The van der Waals surface area contributed by atoms with Crippen molar-refractivity contribution in [1.82, 2.24) is 0 Å². The molecule has 0 fully saturated rings. The zero-order chi connectivity index (χ0) is 14.3. The van der Waals surface area contributed by atoms with Crippen LogP contribution in [0.3, 0.4) is 0 Å². The molecular weight excluding hydrogens is 246 g/mol. The predicted octanol–water partition coefficient (Wildman–Crippen LogP) is 3.49. The van der Waals surface area contributed by atoms with E-state index in [-0.39, 0.29) is 17.6 Å². The summed E-state index contributed by atoms with van der Waals surface area (Å²) in [5.41, 5.74) is 8.43. The lowest BCUT2D eigenvalue weighted by Crippen LogP contribution is -2.28. The van der Waals surface area contributed by atoms with E-state index in [9.17, 15) is 0 Å². The SMILES string of the molecule is CC(C)(C)OC[C@H]1C[C@H](N=[N+]=[N-])C2=C1OC(C)(C)O2. The third-order valence-corrected chi connectivity index (χ3v) is 3.04. The standard InChI is InChI=1S/C13H21N3O3/c1-12(2,3)17-7-8-6-9(15-16-14)11-10(8)18-13(4,5)19-11/h8-9H,6-7H2,1-5H3/t8-,9+/m1/s1. The normalized spacial score (nSPS) is 28.5. The van der Waals surface area contributed by atoms with Gasteiger partial charge in [-0.2, -0.15) is 0 Å². The summed E-state index contributed by atoms with van der Waals surface area (Å²) in [4.78, 5) is 2.88. The van der Waals surface area contributed by atoms with Crippen LogP contribution in [0.15, 0.2) is 16.6 Å². The molecule has 0 saturated carbocycles. The van der Waals surface area contributed by atoms with Crippen LogP contribution in [0, 0.1) is 5.92 Å². The third-order valence-electron chi connectivity index (χ3n) is 3.04. The van der Waals surface area contributed by atoms with Crippen molar-refractivity contribution < 1.29 is 14.2 Å². The predicted molar refractivity (Wildman–Crippen MR) is 70.0 cm³/mol. The van der Waals surface area contributed by atoms with E-state index in [1.165, 1.54) is 0 Å². The highest BCUT2D eigenvalue weighted by atomic mass is 16.7. The van der Waals surface area contributed by atoms with Gasteiger partial charge in [-0.15, -0.1) is 0 Å². The second kappa shape index (κ2) is 4.62. The molecule has 0 amide bonds. The molecule has 1 aliphatic heterocycles. The average molecular weight is 267 g/mol. The summed E-state index contributed by atoms with van der Waals surface area (Å²) in [6, 6.07) is -0.282. The number of rotatable bonds is 3. The zero-order valence-electron chi connectivity index (χ0n) is 12.1. The first-order chi connectivity index (χ1) is 8.72. The molecule has 0 spiro atoms. The van der Waals surface area contributed by atoms with Gasteiger partial charge in [0.2, 0.25) is 5.79 Å². The Morgan fingerprint density at radius 2 is 2.00 bits per heavy atom. The average Bonchev–Trinajstić information content (AvgIpc) is 2.70. The minimum atomic E-state index is -0.686. The molecule has 19 heavy (non-hydrogen) atoms. The molecule has 0 aromatic carbocycles. The van der Waals surface area contributed by atoms with Gasteiger partial charge in [0.25, 0.3) is 0 Å². The fourth-order valence-corrected chi connectivity index (χ4v) is 2.31. The maximum atomic E-state index is 8.63. The minimum Gasteiger partial charge on any atom is -0.453 e.